The van der Waals surface area contributed by atoms with Crippen LogP contribution in [-0.2, 0) is 0 Å². The summed E-state index contributed by atoms with van der Waals surface area (Å²) in [7, 11) is 1.87. The lowest BCUT2D eigenvalue weighted by Crippen LogP contribution is -2.24. The fourth-order valence-electron chi connectivity index (χ4n) is 1.99. The SMILES string of the molecule is CCN(C)c1nc(Oc2c(C)cccc2C)c(C)c(=O)[nH]1. The molecule has 0 atom stereocenters. The smallest absolute Gasteiger partial charge is 0.259 e. The van der Waals surface area contributed by atoms with Gasteiger partial charge in [0.15, 0.2) is 0 Å². The maximum Gasteiger partial charge on any atom is 0.259 e. The number of aromatic nitrogens is 2. The number of nitrogens with zero attached hydrogens (tertiary/aromatic N) is 2. The van der Waals surface area contributed by atoms with E-state index in [1.54, 1.807) is 6.92 Å². The van der Waals surface area contributed by atoms with Crippen LogP contribution < -0.4 is 15.2 Å². The average molecular weight is 287 g/mol. The van der Waals surface area contributed by atoms with Crippen molar-refractivity contribution in [3.63, 3.8) is 0 Å². The highest BCUT2D eigenvalue weighted by Crippen LogP contribution is 2.28. The number of H-pyrrole nitrogens is 1. The largest absolute Gasteiger partial charge is 0.438 e. The summed E-state index contributed by atoms with van der Waals surface area (Å²) in [6, 6.07) is 5.93. The second-order valence-corrected chi connectivity index (χ2v) is 5.16. The predicted molar refractivity (Wildman–Crippen MR) is 84.5 cm³/mol. The van der Waals surface area contributed by atoms with Crippen LogP contribution in [0.1, 0.15) is 23.6 Å². The summed E-state index contributed by atoms with van der Waals surface area (Å²) in [4.78, 5) is 21.1. The van der Waals surface area contributed by atoms with E-state index in [4.69, 9.17) is 4.74 Å². The Morgan fingerprint density at radius 3 is 2.43 bits per heavy atom. The third kappa shape index (κ3) is 3.07. The normalized spacial score (nSPS) is 10.5. The molecular formula is C16H21N3O2. The lowest BCUT2D eigenvalue weighted by Gasteiger charge is -2.17. The Morgan fingerprint density at radius 1 is 1.24 bits per heavy atom. The van der Waals surface area contributed by atoms with E-state index < -0.39 is 0 Å². The van der Waals surface area contributed by atoms with Crippen molar-refractivity contribution in [2.45, 2.75) is 27.7 Å². The summed E-state index contributed by atoms with van der Waals surface area (Å²) in [6.07, 6.45) is 0. The van der Waals surface area contributed by atoms with Crippen LogP contribution in [0.2, 0.25) is 0 Å². The molecule has 1 N–H and O–H groups in total. The van der Waals surface area contributed by atoms with Gasteiger partial charge < -0.3 is 9.64 Å². The summed E-state index contributed by atoms with van der Waals surface area (Å²) in [5.41, 5.74) is 2.33. The molecular weight excluding hydrogens is 266 g/mol. The number of rotatable bonds is 4. The number of anilines is 1. The first kappa shape index (κ1) is 15.1. The van der Waals surface area contributed by atoms with Gasteiger partial charge in [0.25, 0.3) is 5.56 Å². The molecule has 0 aliphatic carbocycles. The molecule has 0 aliphatic heterocycles. The second kappa shape index (κ2) is 5.99. The summed E-state index contributed by atoms with van der Waals surface area (Å²) < 4.78 is 5.93. The molecule has 1 aromatic carbocycles. The van der Waals surface area contributed by atoms with Gasteiger partial charge in [0.1, 0.15) is 5.75 Å². The maximum atomic E-state index is 12.0. The third-order valence-corrected chi connectivity index (χ3v) is 3.54. The van der Waals surface area contributed by atoms with E-state index in [1.807, 2.05) is 50.9 Å². The van der Waals surface area contributed by atoms with Crippen LogP contribution in [0.15, 0.2) is 23.0 Å². The van der Waals surface area contributed by atoms with Gasteiger partial charge in [0, 0.05) is 13.6 Å². The summed E-state index contributed by atoms with van der Waals surface area (Å²) in [5, 5.41) is 0. The van der Waals surface area contributed by atoms with Crippen molar-refractivity contribution in [2.24, 2.45) is 0 Å². The molecule has 2 aromatic rings. The molecule has 1 heterocycles. The Bertz CT molecular complexity index is 687. The van der Waals surface area contributed by atoms with E-state index in [1.165, 1.54) is 0 Å². The molecule has 21 heavy (non-hydrogen) atoms. The topological polar surface area (TPSA) is 58.2 Å². The number of para-hydroxylation sites is 1. The molecule has 112 valence electrons. The van der Waals surface area contributed by atoms with Gasteiger partial charge in [-0.15, -0.1) is 0 Å². The Morgan fingerprint density at radius 2 is 1.86 bits per heavy atom. The van der Waals surface area contributed by atoms with Crippen molar-refractivity contribution in [1.29, 1.82) is 0 Å². The maximum absolute atomic E-state index is 12.0. The van der Waals surface area contributed by atoms with E-state index in [9.17, 15) is 4.79 Å². The first-order valence-electron chi connectivity index (χ1n) is 7.00. The Labute approximate surface area is 124 Å². The highest BCUT2D eigenvalue weighted by atomic mass is 16.5. The number of benzene rings is 1. The van der Waals surface area contributed by atoms with Crippen molar-refractivity contribution in [3.8, 4) is 11.6 Å². The zero-order chi connectivity index (χ0) is 15.6. The number of aryl methyl sites for hydroxylation is 2. The van der Waals surface area contributed by atoms with Crippen molar-refractivity contribution in [1.82, 2.24) is 9.97 Å². The molecule has 0 saturated heterocycles. The van der Waals surface area contributed by atoms with Gasteiger partial charge in [0.05, 0.1) is 5.56 Å². The number of aromatic amines is 1. The second-order valence-electron chi connectivity index (χ2n) is 5.16. The van der Waals surface area contributed by atoms with Crippen LogP contribution in [0, 0.1) is 20.8 Å². The molecule has 2 rings (SSSR count). The molecule has 1 aromatic heterocycles. The molecule has 0 bridgehead atoms. The molecule has 0 amide bonds. The summed E-state index contributed by atoms with van der Waals surface area (Å²) in [6.45, 7) is 8.40. The van der Waals surface area contributed by atoms with Crippen LogP contribution >= 0.6 is 0 Å². The van der Waals surface area contributed by atoms with Crippen molar-refractivity contribution in [2.75, 3.05) is 18.5 Å². The molecule has 0 fully saturated rings. The lowest BCUT2D eigenvalue weighted by molar-refractivity contribution is 0.449. The zero-order valence-electron chi connectivity index (χ0n) is 13.2. The molecule has 0 spiro atoms. The van der Waals surface area contributed by atoms with E-state index in [0.29, 0.717) is 17.4 Å². The van der Waals surface area contributed by atoms with E-state index in [2.05, 4.69) is 9.97 Å². The standard InChI is InChI=1S/C16H21N3O2/c1-6-19(5)16-17-14(20)12(4)15(18-16)21-13-10(2)8-7-9-11(13)3/h7-9H,6H2,1-5H3,(H,17,18,20). The van der Waals surface area contributed by atoms with Gasteiger partial charge >= 0.3 is 0 Å². The first-order chi connectivity index (χ1) is 9.93. The minimum atomic E-state index is -0.179. The van der Waals surface area contributed by atoms with Crippen molar-refractivity contribution >= 4 is 5.95 Å². The van der Waals surface area contributed by atoms with Crippen LogP contribution in [0.3, 0.4) is 0 Å². The summed E-state index contributed by atoms with van der Waals surface area (Å²) in [5.74, 6) is 1.62. The van der Waals surface area contributed by atoms with Gasteiger partial charge in [-0.3, -0.25) is 9.78 Å². The zero-order valence-corrected chi connectivity index (χ0v) is 13.2. The minimum Gasteiger partial charge on any atom is -0.438 e. The first-order valence-corrected chi connectivity index (χ1v) is 7.00. The van der Waals surface area contributed by atoms with Gasteiger partial charge in [-0.25, -0.2) is 0 Å². The number of hydrogen-bond donors (Lipinski definition) is 1. The van der Waals surface area contributed by atoms with E-state index in [0.717, 1.165) is 23.4 Å². The van der Waals surface area contributed by atoms with Gasteiger partial charge in [-0.1, -0.05) is 18.2 Å². The Hall–Kier alpha value is -2.30. The van der Waals surface area contributed by atoms with Crippen LogP contribution in [0.5, 0.6) is 11.6 Å². The fraction of sp³-hybridized carbons (Fsp3) is 0.375. The monoisotopic (exact) mass is 287 g/mol. The van der Waals surface area contributed by atoms with Crippen LogP contribution in [-0.4, -0.2) is 23.6 Å². The highest BCUT2D eigenvalue weighted by molar-refractivity contribution is 5.44. The molecule has 0 unspecified atom stereocenters. The third-order valence-electron chi connectivity index (χ3n) is 3.54. The Balaban J connectivity index is 2.49. The highest BCUT2D eigenvalue weighted by Gasteiger charge is 2.14. The molecule has 5 nitrogen and oxygen atoms in total. The van der Waals surface area contributed by atoms with E-state index >= 15 is 0 Å². The van der Waals surface area contributed by atoms with Gasteiger partial charge in [0.2, 0.25) is 11.8 Å². The predicted octanol–water partition coefficient (Wildman–Crippen LogP) is 2.94. The van der Waals surface area contributed by atoms with E-state index in [-0.39, 0.29) is 5.56 Å². The lowest BCUT2D eigenvalue weighted by atomic mass is 10.1. The molecule has 0 saturated carbocycles. The van der Waals surface area contributed by atoms with Gasteiger partial charge in [-0.2, -0.15) is 4.98 Å². The number of hydrogen-bond acceptors (Lipinski definition) is 4. The van der Waals surface area contributed by atoms with Crippen LogP contribution in [0.25, 0.3) is 0 Å². The minimum absolute atomic E-state index is 0.179. The fourth-order valence-corrected chi connectivity index (χ4v) is 1.99. The average Bonchev–Trinajstić information content (AvgIpc) is 2.46. The molecule has 0 aliphatic rings. The van der Waals surface area contributed by atoms with Gasteiger partial charge in [-0.05, 0) is 38.8 Å². The quantitative estimate of drug-likeness (QED) is 0.939. The number of nitrogens with one attached hydrogen (secondary N) is 1. The number of ether oxygens (including phenoxy) is 1. The summed E-state index contributed by atoms with van der Waals surface area (Å²) >= 11 is 0. The van der Waals surface area contributed by atoms with Crippen molar-refractivity contribution < 1.29 is 4.74 Å². The molecule has 5 heteroatoms. The van der Waals surface area contributed by atoms with Crippen LogP contribution in [0.4, 0.5) is 5.95 Å². The molecule has 0 radical (unpaired) electrons. The Kier molecular flexibility index (Phi) is 4.31. The van der Waals surface area contributed by atoms with Crippen molar-refractivity contribution in [3.05, 3.63) is 45.2 Å².